The smallest absolute Gasteiger partial charge is 0.257 e. The Morgan fingerprint density at radius 1 is 1.23 bits per heavy atom. The van der Waals surface area contributed by atoms with E-state index in [1.54, 1.807) is 24.3 Å². The molecule has 0 fully saturated rings. The highest BCUT2D eigenvalue weighted by Crippen LogP contribution is 2.10. The maximum atomic E-state index is 11.2. The molecule has 1 rings (SSSR count). The fraction of sp³-hybridized carbons (Fsp3) is 0.111. The van der Waals surface area contributed by atoms with Crippen molar-refractivity contribution in [3.63, 3.8) is 0 Å². The largest absolute Gasteiger partial charge is 0.293 e. The number of carbonyl (C=O) groups excluding carboxylic acids is 2. The molecular weight excluding hydrogens is 234 g/mol. The molecule has 0 aliphatic carbocycles. The monoisotopic (exact) mass is 241 g/mol. The van der Waals surface area contributed by atoms with E-state index in [0.717, 1.165) is 4.47 Å². The Balaban J connectivity index is 2.78. The summed E-state index contributed by atoms with van der Waals surface area (Å²) in [5, 5.41) is 2.19. The number of hydrogen-bond acceptors (Lipinski definition) is 2. The van der Waals surface area contributed by atoms with Gasteiger partial charge in [0, 0.05) is 17.0 Å². The lowest BCUT2D eigenvalue weighted by atomic mass is 10.2. The van der Waals surface area contributed by atoms with Gasteiger partial charge in [0.1, 0.15) is 0 Å². The van der Waals surface area contributed by atoms with Gasteiger partial charge in [-0.25, -0.2) is 0 Å². The fourth-order valence-electron chi connectivity index (χ4n) is 0.833. The molecule has 13 heavy (non-hydrogen) atoms. The van der Waals surface area contributed by atoms with Crippen LogP contribution >= 0.6 is 15.9 Å². The summed E-state index contributed by atoms with van der Waals surface area (Å²) in [4.78, 5) is 21.8. The summed E-state index contributed by atoms with van der Waals surface area (Å²) >= 11 is 3.25. The quantitative estimate of drug-likeness (QED) is 0.814. The van der Waals surface area contributed by atoms with Crippen LogP contribution in [0.25, 0.3) is 0 Å². The second-order valence-corrected chi connectivity index (χ2v) is 3.43. The average Bonchev–Trinajstić information content (AvgIpc) is 2.04. The van der Waals surface area contributed by atoms with E-state index in [4.69, 9.17) is 0 Å². The van der Waals surface area contributed by atoms with Crippen molar-refractivity contribution in [1.29, 1.82) is 0 Å². The lowest BCUT2D eigenvalue weighted by Gasteiger charge is -2.00. The van der Waals surface area contributed by atoms with Crippen molar-refractivity contribution in [3.05, 3.63) is 34.3 Å². The second kappa shape index (κ2) is 4.18. The SMILES string of the molecule is CC(=O)NC(=O)c1ccc(Br)cc1. The Morgan fingerprint density at radius 2 is 1.77 bits per heavy atom. The van der Waals surface area contributed by atoms with Crippen LogP contribution in [0.15, 0.2) is 28.7 Å². The molecule has 0 aliphatic heterocycles. The van der Waals surface area contributed by atoms with Gasteiger partial charge in [-0.2, -0.15) is 0 Å². The van der Waals surface area contributed by atoms with E-state index >= 15 is 0 Å². The molecule has 0 aromatic heterocycles. The van der Waals surface area contributed by atoms with Gasteiger partial charge in [-0.15, -0.1) is 0 Å². The molecule has 2 amide bonds. The number of rotatable bonds is 1. The third kappa shape index (κ3) is 2.99. The van der Waals surface area contributed by atoms with Crippen LogP contribution in [0.5, 0.6) is 0 Å². The van der Waals surface area contributed by atoms with Crippen LogP contribution in [-0.2, 0) is 4.79 Å². The summed E-state index contributed by atoms with van der Waals surface area (Å²) in [7, 11) is 0. The van der Waals surface area contributed by atoms with Crippen LogP contribution in [0, 0.1) is 0 Å². The minimum Gasteiger partial charge on any atom is -0.293 e. The average molecular weight is 242 g/mol. The highest BCUT2D eigenvalue weighted by molar-refractivity contribution is 9.10. The van der Waals surface area contributed by atoms with Crippen molar-refractivity contribution in [1.82, 2.24) is 5.32 Å². The predicted molar refractivity (Wildman–Crippen MR) is 52.3 cm³/mol. The topological polar surface area (TPSA) is 46.2 Å². The molecule has 0 unspecified atom stereocenters. The highest BCUT2D eigenvalue weighted by Gasteiger charge is 2.05. The summed E-state index contributed by atoms with van der Waals surface area (Å²) in [5.41, 5.74) is 0.471. The summed E-state index contributed by atoms with van der Waals surface area (Å²) in [5.74, 6) is -0.729. The van der Waals surface area contributed by atoms with E-state index in [2.05, 4.69) is 21.2 Å². The van der Waals surface area contributed by atoms with Crippen LogP contribution < -0.4 is 5.32 Å². The number of amides is 2. The Labute approximate surface area is 84.3 Å². The number of benzene rings is 1. The molecule has 1 N–H and O–H groups in total. The van der Waals surface area contributed by atoms with Crippen molar-refractivity contribution in [2.75, 3.05) is 0 Å². The molecule has 1 aromatic rings. The molecule has 68 valence electrons. The van der Waals surface area contributed by atoms with Gasteiger partial charge in [0.05, 0.1) is 0 Å². The van der Waals surface area contributed by atoms with E-state index in [1.807, 2.05) is 0 Å². The van der Waals surface area contributed by atoms with Gasteiger partial charge >= 0.3 is 0 Å². The van der Waals surface area contributed by atoms with Crippen molar-refractivity contribution in [2.45, 2.75) is 6.92 Å². The maximum Gasteiger partial charge on any atom is 0.257 e. The van der Waals surface area contributed by atoms with Gasteiger partial charge in [0.25, 0.3) is 5.91 Å². The lowest BCUT2D eigenvalue weighted by molar-refractivity contribution is -0.118. The zero-order chi connectivity index (χ0) is 9.84. The van der Waals surface area contributed by atoms with Crippen molar-refractivity contribution >= 4 is 27.7 Å². The third-order valence-corrected chi connectivity index (χ3v) is 1.92. The maximum absolute atomic E-state index is 11.2. The van der Waals surface area contributed by atoms with E-state index in [1.165, 1.54) is 6.92 Å². The number of hydrogen-bond donors (Lipinski definition) is 1. The van der Waals surface area contributed by atoms with Crippen LogP contribution in [0.4, 0.5) is 0 Å². The fourth-order valence-corrected chi connectivity index (χ4v) is 1.10. The summed E-state index contributed by atoms with van der Waals surface area (Å²) in [6, 6.07) is 6.77. The number of nitrogens with one attached hydrogen (secondary N) is 1. The summed E-state index contributed by atoms with van der Waals surface area (Å²) in [6.45, 7) is 1.30. The molecule has 0 saturated heterocycles. The van der Waals surface area contributed by atoms with Crippen molar-refractivity contribution in [3.8, 4) is 0 Å². The number of imide groups is 1. The molecule has 0 bridgehead atoms. The van der Waals surface area contributed by atoms with Crippen LogP contribution in [0.3, 0.4) is 0 Å². The zero-order valence-corrected chi connectivity index (χ0v) is 8.59. The Bertz CT molecular complexity index is 332. The van der Waals surface area contributed by atoms with Crippen LogP contribution in [-0.4, -0.2) is 11.8 Å². The minimum atomic E-state index is -0.375. The van der Waals surface area contributed by atoms with E-state index in [-0.39, 0.29) is 11.8 Å². The normalized spacial score (nSPS) is 9.38. The molecule has 1 aromatic carbocycles. The zero-order valence-electron chi connectivity index (χ0n) is 7.00. The Kier molecular flexibility index (Phi) is 3.19. The van der Waals surface area contributed by atoms with Gasteiger partial charge in [-0.05, 0) is 24.3 Å². The van der Waals surface area contributed by atoms with Gasteiger partial charge in [-0.1, -0.05) is 15.9 Å². The van der Waals surface area contributed by atoms with E-state index in [0.29, 0.717) is 5.56 Å². The molecule has 3 nitrogen and oxygen atoms in total. The highest BCUT2D eigenvalue weighted by atomic mass is 79.9. The van der Waals surface area contributed by atoms with Gasteiger partial charge < -0.3 is 0 Å². The van der Waals surface area contributed by atoms with Gasteiger partial charge in [0.2, 0.25) is 5.91 Å². The Hall–Kier alpha value is -1.16. The lowest BCUT2D eigenvalue weighted by Crippen LogP contribution is -2.27. The van der Waals surface area contributed by atoms with Crippen molar-refractivity contribution < 1.29 is 9.59 Å². The number of halogens is 1. The third-order valence-electron chi connectivity index (χ3n) is 1.40. The first-order chi connectivity index (χ1) is 6.09. The summed E-state index contributed by atoms with van der Waals surface area (Å²) < 4.78 is 0.895. The molecule has 0 spiro atoms. The predicted octanol–water partition coefficient (Wildman–Crippen LogP) is 1.73. The van der Waals surface area contributed by atoms with E-state index in [9.17, 15) is 9.59 Å². The molecule has 0 atom stereocenters. The van der Waals surface area contributed by atoms with Crippen molar-refractivity contribution in [2.24, 2.45) is 0 Å². The molecule has 0 heterocycles. The number of carbonyl (C=O) groups is 2. The molecule has 0 radical (unpaired) electrons. The first-order valence-corrected chi connectivity index (χ1v) is 4.46. The van der Waals surface area contributed by atoms with Gasteiger partial charge in [0.15, 0.2) is 0 Å². The van der Waals surface area contributed by atoms with E-state index < -0.39 is 0 Å². The first-order valence-electron chi connectivity index (χ1n) is 3.67. The molecular formula is C9H8BrNO2. The standard InChI is InChI=1S/C9H8BrNO2/c1-6(12)11-9(13)7-2-4-8(10)5-3-7/h2-5H,1H3,(H,11,12,13). The second-order valence-electron chi connectivity index (χ2n) is 2.52. The first kappa shape index (κ1) is 9.92. The molecule has 0 aliphatic rings. The Morgan fingerprint density at radius 3 is 2.23 bits per heavy atom. The summed E-state index contributed by atoms with van der Waals surface area (Å²) in [6.07, 6.45) is 0. The van der Waals surface area contributed by atoms with Gasteiger partial charge in [-0.3, -0.25) is 14.9 Å². The minimum absolute atomic E-state index is 0.354. The van der Waals surface area contributed by atoms with Crippen LogP contribution in [0.1, 0.15) is 17.3 Å². The molecule has 0 saturated carbocycles. The van der Waals surface area contributed by atoms with Crippen LogP contribution in [0.2, 0.25) is 0 Å². The molecule has 4 heteroatoms.